The zero-order chi connectivity index (χ0) is 24.4. The van der Waals surface area contributed by atoms with Crippen LogP contribution in [0.2, 0.25) is 0 Å². The van der Waals surface area contributed by atoms with Crippen LogP contribution in [0.5, 0.6) is 0 Å². The summed E-state index contributed by atoms with van der Waals surface area (Å²) >= 11 is 4.85. The Labute approximate surface area is 213 Å². The van der Waals surface area contributed by atoms with Gasteiger partial charge in [-0.05, 0) is 42.5 Å². The van der Waals surface area contributed by atoms with Crippen molar-refractivity contribution in [2.75, 3.05) is 36.1 Å². The van der Waals surface area contributed by atoms with Gasteiger partial charge in [0, 0.05) is 35.4 Å². The van der Waals surface area contributed by atoms with Crippen LogP contribution >= 0.6 is 27.3 Å². The molecule has 1 fully saturated rings. The third-order valence-electron chi connectivity index (χ3n) is 5.63. The standard InChI is InChI=1S/C24H20BrN5O4S/c25-17-5-6-19-22(14-17)35-24(27-19)29(15-18-3-1-2-8-26-18)23(31)16-4-7-20(21(13-16)30(32)33)28-9-11-34-12-10-28/h1-8,13-14H,9-12,15H2. The van der Waals surface area contributed by atoms with Crippen LogP contribution in [0.25, 0.3) is 10.2 Å². The average Bonchev–Trinajstić information content (AvgIpc) is 3.30. The van der Waals surface area contributed by atoms with Gasteiger partial charge in [-0.2, -0.15) is 0 Å². The number of thiazole rings is 1. The van der Waals surface area contributed by atoms with Gasteiger partial charge in [0.2, 0.25) is 0 Å². The molecule has 5 rings (SSSR count). The van der Waals surface area contributed by atoms with Crippen molar-refractivity contribution in [3.8, 4) is 0 Å². The van der Waals surface area contributed by atoms with Crippen molar-refractivity contribution in [1.82, 2.24) is 9.97 Å². The fourth-order valence-corrected chi connectivity index (χ4v) is 5.43. The highest BCUT2D eigenvalue weighted by Gasteiger charge is 2.27. The molecule has 0 unspecified atom stereocenters. The van der Waals surface area contributed by atoms with E-state index in [1.165, 1.54) is 22.3 Å². The molecule has 0 bridgehead atoms. The van der Waals surface area contributed by atoms with Gasteiger partial charge in [0.05, 0.1) is 40.6 Å². The molecular weight excluding hydrogens is 534 g/mol. The summed E-state index contributed by atoms with van der Waals surface area (Å²) in [6.45, 7) is 2.30. The van der Waals surface area contributed by atoms with E-state index in [2.05, 4.69) is 25.9 Å². The van der Waals surface area contributed by atoms with E-state index >= 15 is 0 Å². The van der Waals surface area contributed by atoms with Crippen molar-refractivity contribution >= 4 is 59.9 Å². The SMILES string of the molecule is O=C(c1ccc(N2CCOCC2)c([N+](=O)[O-])c1)N(Cc1ccccn1)c1nc2ccc(Br)cc2s1. The number of fused-ring (bicyclic) bond motifs is 1. The summed E-state index contributed by atoms with van der Waals surface area (Å²) in [5.74, 6) is -0.384. The number of nitro groups is 1. The third kappa shape index (κ3) is 5.02. The lowest BCUT2D eigenvalue weighted by molar-refractivity contribution is -0.384. The van der Waals surface area contributed by atoms with Crippen molar-refractivity contribution in [3.63, 3.8) is 0 Å². The molecule has 4 aromatic rings. The maximum Gasteiger partial charge on any atom is 0.293 e. The lowest BCUT2D eigenvalue weighted by Gasteiger charge is -2.28. The lowest BCUT2D eigenvalue weighted by Crippen LogP contribution is -2.36. The van der Waals surface area contributed by atoms with Crippen LogP contribution < -0.4 is 9.80 Å². The predicted molar refractivity (Wildman–Crippen MR) is 138 cm³/mol. The van der Waals surface area contributed by atoms with E-state index in [0.717, 1.165) is 14.7 Å². The average molecular weight is 554 g/mol. The number of ether oxygens (including phenoxy) is 1. The second kappa shape index (κ2) is 10.1. The number of hydrogen-bond donors (Lipinski definition) is 0. The van der Waals surface area contributed by atoms with Gasteiger partial charge in [-0.25, -0.2) is 4.98 Å². The lowest BCUT2D eigenvalue weighted by atomic mass is 10.1. The van der Waals surface area contributed by atoms with Crippen molar-refractivity contribution in [3.05, 3.63) is 86.6 Å². The van der Waals surface area contributed by atoms with Gasteiger partial charge in [0.25, 0.3) is 11.6 Å². The Balaban J connectivity index is 1.54. The Bertz CT molecular complexity index is 1390. The van der Waals surface area contributed by atoms with Crippen LogP contribution in [0, 0.1) is 10.1 Å². The molecule has 178 valence electrons. The molecular formula is C24H20BrN5O4S. The van der Waals surface area contributed by atoms with E-state index in [1.807, 2.05) is 35.2 Å². The summed E-state index contributed by atoms with van der Waals surface area (Å²) in [6, 6.07) is 15.8. The van der Waals surface area contributed by atoms with Gasteiger partial charge in [0.15, 0.2) is 5.13 Å². The molecule has 0 saturated carbocycles. The molecule has 2 aromatic heterocycles. The molecule has 0 atom stereocenters. The number of morpholine rings is 1. The van der Waals surface area contributed by atoms with Gasteiger partial charge >= 0.3 is 0 Å². The maximum absolute atomic E-state index is 13.8. The van der Waals surface area contributed by atoms with Gasteiger partial charge in [-0.15, -0.1) is 0 Å². The van der Waals surface area contributed by atoms with Crippen LogP contribution in [-0.4, -0.2) is 47.1 Å². The normalized spacial score (nSPS) is 13.7. The summed E-state index contributed by atoms with van der Waals surface area (Å²) in [5, 5.41) is 12.4. The van der Waals surface area contributed by atoms with Crippen LogP contribution in [0.3, 0.4) is 0 Å². The van der Waals surface area contributed by atoms with Crippen molar-refractivity contribution in [2.24, 2.45) is 0 Å². The molecule has 1 aliphatic rings. The zero-order valence-corrected chi connectivity index (χ0v) is 20.9. The molecule has 35 heavy (non-hydrogen) atoms. The number of hydrogen-bond acceptors (Lipinski definition) is 8. The van der Waals surface area contributed by atoms with Crippen LogP contribution in [0.4, 0.5) is 16.5 Å². The maximum atomic E-state index is 13.8. The van der Waals surface area contributed by atoms with Gasteiger partial charge in [-0.1, -0.05) is 33.3 Å². The highest BCUT2D eigenvalue weighted by atomic mass is 79.9. The number of aromatic nitrogens is 2. The minimum absolute atomic E-state index is 0.108. The molecule has 0 radical (unpaired) electrons. The van der Waals surface area contributed by atoms with Gasteiger partial charge < -0.3 is 9.64 Å². The molecule has 11 heteroatoms. The summed E-state index contributed by atoms with van der Waals surface area (Å²) in [7, 11) is 0. The number of nitrogens with zero attached hydrogens (tertiary/aromatic N) is 5. The minimum Gasteiger partial charge on any atom is -0.378 e. The van der Waals surface area contributed by atoms with Crippen molar-refractivity contribution in [1.29, 1.82) is 0 Å². The second-order valence-corrected chi connectivity index (χ2v) is 9.81. The molecule has 9 nitrogen and oxygen atoms in total. The van der Waals surface area contributed by atoms with Crippen LogP contribution in [-0.2, 0) is 11.3 Å². The fourth-order valence-electron chi connectivity index (χ4n) is 3.91. The second-order valence-electron chi connectivity index (χ2n) is 7.88. The number of carbonyl (C=O) groups excluding carboxylic acids is 1. The number of anilines is 2. The summed E-state index contributed by atoms with van der Waals surface area (Å²) in [5.41, 5.74) is 2.03. The first-order valence-corrected chi connectivity index (χ1v) is 12.5. The Morgan fingerprint density at radius 3 is 2.74 bits per heavy atom. The van der Waals surface area contributed by atoms with Crippen LogP contribution in [0.1, 0.15) is 16.1 Å². The summed E-state index contributed by atoms with van der Waals surface area (Å²) < 4.78 is 7.20. The van der Waals surface area contributed by atoms with Gasteiger partial charge in [-0.3, -0.25) is 24.8 Å². The van der Waals surface area contributed by atoms with Crippen LogP contribution in [0.15, 0.2) is 65.3 Å². The van der Waals surface area contributed by atoms with E-state index in [-0.39, 0.29) is 23.7 Å². The molecule has 0 N–H and O–H groups in total. The number of halogens is 1. The first-order valence-electron chi connectivity index (χ1n) is 10.9. The highest BCUT2D eigenvalue weighted by Crippen LogP contribution is 2.34. The van der Waals surface area contributed by atoms with E-state index in [9.17, 15) is 14.9 Å². The Kier molecular flexibility index (Phi) is 6.71. The fraction of sp³-hybridized carbons (Fsp3) is 0.208. The minimum atomic E-state index is -0.445. The van der Waals surface area contributed by atoms with E-state index in [1.54, 1.807) is 24.4 Å². The molecule has 1 amide bonds. The third-order valence-corrected chi connectivity index (χ3v) is 7.17. The molecule has 0 spiro atoms. The molecule has 2 aromatic carbocycles. The van der Waals surface area contributed by atoms with E-state index in [4.69, 9.17) is 4.74 Å². The Hall–Kier alpha value is -3.41. The quantitative estimate of drug-likeness (QED) is 0.243. The summed E-state index contributed by atoms with van der Waals surface area (Å²) in [6.07, 6.45) is 1.66. The number of benzene rings is 2. The monoisotopic (exact) mass is 553 g/mol. The van der Waals surface area contributed by atoms with Crippen molar-refractivity contribution < 1.29 is 14.5 Å². The number of rotatable bonds is 6. The van der Waals surface area contributed by atoms with E-state index in [0.29, 0.717) is 42.8 Å². The van der Waals surface area contributed by atoms with Gasteiger partial charge in [0.1, 0.15) is 5.69 Å². The number of nitro benzene ring substituents is 1. The Morgan fingerprint density at radius 2 is 2.00 bits per heavy atom. The number of carbonyl (C=O) groups is 1. The predicted octanol–water partition coefficient (Wildman–Crippen LogP) is 5.05. The highest BCUT2D eigenvalue weighted by molar-refractivity contribution is 9.10. The number of amides is 1. The molecule has 1 aliphatic heterocycles. The largest absolute Gasteiger partial charge is 0.378 e. The molecule has 0 aliphatic carbocycles. The first-order chi connectivity index (χ1) is 17.0. The topological polar surface area (TPSA) is 102 Å². The van der Waals surface area contributed by atoms with E-state index < -0.39 is 4.92 Å². The summed E-state index contributed by atoms with van der Waals surface area (Å²) in [4.78, 5) is 37.7. The number of pyridine rings is 1. The first kappa shape index (κ1) is 23.3. The molecule has 1 saturated heterocycles. The zero-order valence-electron chi connectivity index (χ0n) is 18.5. The smallest absolute Gasteiger partial charge is 0.293 e. The molecule has 3 heterocycles. The van der Waals surface area contributed by atoms with Crippen molar-refractivity contribution in [2.45, 2.75) is 6.54 Å². The Morgan fingerprint density at radius 1 is 1.17 bits per heavy atom.